The van der Waals surface area contributed by atoms with E-state index in [1.165, 1.54) is 25.8 Å². The molecule has 3 nitrogen and oxygen atoms in total. The molecule has 1 rings (SSSR count). The van der Waals surface area contributed by atoms with E-state index in [0.29, 0.717) is 6.42 Å². The van der Waals surface area contributed by atoms with E-state index in [-0.39, 0.29) is 5.91 Å². The minimum absolute atomic E-state index is 0.170. The fraction of sp³-hybridized carbons (Fsp3) is 0.909. The second-order valence-electron chi connectivity index (χ2n) is 4.48. The second-order valence-corrected chi connectivity index (χ2v) is 4.48. The highest BCUT2D eigenvalue weighted by Crippen LogP contribution is 2.29. The molecule has 1 fully saturated rings. The minimum atomic E-state index is -0.170. The molecular weight excluding hydrogens is 176 g/mol. The fourth-order valence-electron chi connectivity index (χ4n) is 1.69. The monoisotopic (exact) mass is 198 g/mol. The highest BCUT2D eigenvalue weighted by Gasteiger charge is 2.22. The van der Waals surface area contributed by atoms with Crippen molar-refractivity contribution in [3.63, 3.8) is 0 Å². The number of hydrogen-bond donors (Lipinski definition) is 1. The van der Waals surface area contributed by atoms with Gasteiger partial charge in [-0.15, -0.1) is 0 Å². The van der Waals surface area contributed by atoms with E-state index in [4.69, 9.17) is 5.73 Å². The molecule has 3 heteroatoms. The van der Waals surface area contributed by atoms with Crippen LogP contribution >= 0.6 is 0 Å². The van der Waals surface area contributed by atoms with Crippen molar-refractivity contribution in [3.05, 3.63) is 0 Å². The summed E-state index contributed by atoms with van der Waals surface area (Å²) in [6.45, 7) is 2.42. The van der Waals surface area contributed by atoms with Gasteiger partial charge in [-0.2, -0.15) is 0 Å². The summed E-state index contributed by atoms with van der Waals surface area (Å²) in [6, 6.07) is 0. The van der Waals surface area contributed by atoms with Crippen LogP contribution in [0.5, 0.6) is 0 Å². The van der Waals surface area contributed by atoms with Gasteiger partial charge in [-0.1, -0.05) is 6.42 Å². The molecule has 1 aliphatic rings. The summed E-state index contributed by atoms with van der Waals surface area (Å²) in [4.78, 5) is 12.9. The zero-order valence-corrected chi connectivity index (χ0v) is 9.17. The van der Waals surface area contributed by atoms with E-state index in [0.717, 1.165) is 25.3 Å². The Bertz CT molecular complexity index is 178. The molecule has 1 saturated carbocycles. The third kappa shape index (κ3) is 5.97. The molecule has 0 spiro atoms. The number of nitrogens with zero attached hydrogens (tertiary/aromatic N) is 1. The van der Waals surface area contributed by atoms with Crippen LogP contribution in [0.25, 0.3) is 0 Å². The van der Waals surface area contributed by atoms with Gasteiger partial charge in [-0.05, 0) is 45.2 Å². The molecule has 82 valence electrons. The van der Waals surface area contributed by atoms with Crippen molar-refractivity contribution in [3.8, 4) is 0 Å². The lowest BCUT2D eigenvalue weighted by molar-refractivity contribution is -0.118. The van der Waals surface area contributed by atoms with Crippen molar-refractivity contribution in [1.82, 2.24) is 4.90 Å². The number of amides is 1. The molecule has 0 aromatic carbocycles. The Morgan fingerprint density at radius 1 is 1.36 bits per heavy atom. The van der Waals surface area contributed by atoms with Crippen molar-refractivity contribution in [2.45, 2.75) is 38.5 Å². The Morgan fingerprint density at radius 3 is 2.64 bits per heavy atom. The van der Waals surface area contributed by atoms with Crippen LogP contribution in [-0.4, -0.2) is 30.9 Å². The molecule has 0 atom stereocenters. The van der Waals surface area contributed by atoms with Crippen LogP contribution in [0, 0.1) is 5.92 Å². The van der Waals surface area contributed by atoms with Gasteiger partial charge in [-0.25, -0.2) is 0 Å². The standard InChI is InChI=1S/C11H22N2O/c1-13(9-10-6-7-10)8-4-2-3-5-11(12)14/h10H,2-9H2,1H3,(H2,12,14). The number of primary amides is 1. The maximum atomic E-state index is 10.5. The number of nitrogens with two attached hydrogens (primary N) is 1. The van der Waals surface area contributed by atoms with Crippen molar-refractivity contribution in [2.24, 2.45) is 11.7 Å². The molecule has 0 aromatic rings. The van der Waals surface area contributed by atoms with Crippen LogP contribution < -0.4 is 5.73 Å². The number of carbonyl (C=O) groups is 1. The summed E-state index contributed by atoms with van der Waals surface area (Å²) in [5.41, 5.74) is 5.06. The highest BCUT2D eigenvalue weighted by molar-refractivity contribution is 5.73. The Hall–Kier alpha value is -0.570. The largest absolute Gasteiger partial charge is 0.370 e. The zero-order chi connectivity index (χ0) is 10.4. The molecule has 0 radical (unpaired) electrons. The van der Waals surface area contributed by atoms with Gasteiger partial charge in [0.1, 0.15) is 0 Å². The first-order valence-corrected chi connectivity index (χ1v) is 5.65. The average molecular weight is 198 g/mol. The zero-order valence-electron chi connectivity index (χ0n) is 9.17. The third-order valence-electron chi connectivity index (χ3n) is 2.73. The molecule has 0 aliphatic heterocycles. The van der Waals surface area contributed by atoms with Gasteiger partial charge >= 0.3 is 0 Å². The summed E-state index contributed by atoms with van der Waals surface area (Å²) < 4.78 is 0. The summed E-state index contributed by atoms with van der Waals surface area (Å²) in [5, 5.41) is 0. The average Bonchev–Trinajstić information content (AvgIpc) is 2.87. The van der Waals surface area contributed by atoms with Gasteiger partial charge in [0.25, 0.3) is 0 Å². The number of carbonyl (C=O) groups excluding carboxylic acids is 1. The highest BCUT2D eigenvalue weighted by atomic mass is 16.1. The lowest BCUT2D eigenvalue weighted by Crippen LogP contribution is -2.22. The van der Waals surface area contributed by atoms with E-state index in [9.17, 15) is 4.79 Å². The van der Waals surface area contributed by atoms with Gasteiger partial charge in [-0.3, -0.25) is 4.79 Å². The first kappa shape index (κ1) is 11.5. The Morgan fingerprint density at radius 2 is 2.07 bits per heavy atom. The first-order valence-electron chi connectivity index (χ1n) is 5.65. The predicted molar refractivity (Wildman–Crippen MR) is 57.9 cm³/mol. The molecule has 0 heterocycles. The molecule has 2 N–H and O–H groups in total. The van der Waals surface area contributed by atoms with Gasteiger partial charge in [0.05, 0.1) is 0 Å². The molecule has 1 aliphatic carbocycles. The van der Waals surface area contributed by atoms with E-state index in [1.807, 2.05) is 0 Å². The topological polar surface area (TPSA) is 46.3 Å². The van der Waals surface area contributed by atoms with Crippen molar-refractivity contribution in [1.29, 1.82) is 0 Å². The van der Waals surface area contributed by atoms with E-state index < -0.39 is 0 Å². The maximum Gasteiger partial charge on any atom is 0.217 e. The van der Waals surface area contributed by atoms with E-state index >= 15 is 0 Å². The fourth-order valence-corrected chi connectivity index (χ4v) is 1.69. The van der Waals surface area contributed by atoms with Gasteiger partial charge < -0.3 is 10.6 Å². The van der Waals surface area contributed by atoms with E-state index in [1.54, 1.807) is 0 Å². The number of hydrogen-bond acceptors (Lipinski definition) is 2. The first-order chi connectivity index (χ1) is 6.68. The molecular formula is C11H22N2O. The van der Waals surface area contributed by atoms with Gasteiger partial charge in [0.2, 0.25) is 5.91 Å². The van der Waals surface area contributed by atoms with Crippen LogP contribution in [0.15, 0.2) is 0 Å². The van der Waals surface area contributed by atoms with Crippen molar-refractivity contribution >= 4 is 5.91 Å². The summed E-state index contributed by atoms with van der Waals surface area (Å²) >= 11 is 0. The van der Waals surface area contributed by atoms with Crippen LogP contribution in [-0.2, 0) is 4.79 Å². The summed E-state index contributed by atoms with van der Waals surface area (Å²) in [5.74, 6) is 0.807. The quantitative estimate of drug-likeness (QED) is 0.599. The Kier molecular flexibility index (Phi) is 4.94. The molecule has 0 aromatic heterocycles. The Labute approximate surface area is 86.6 Å². The van der Waals surface area contributed by atoms with Gasteiger partial charge in [0, 0.05) is 13.0 Å². The molecule has 0 unspecified atom stereocenters. The number of unbranched alkanes of at least 4 members (excludes halogenated alkanes) is 2. The minimum Gasteiger partial charge on any atom is -0.370 e. The van der Waals surface area contributed by atoms with Gasteiger partial charge in [0.15, 0.2) is 0 Å². The van der Waals surface area contributed by atoms with Crippen LogP contribution in [0.3, 0.4) is 0 Å². The van der Waals surface area contributed by atoms with Crippen LogP contribution in [0.1, 0.15) is 38.5 Å². The van der Waals surface area contributed by atoms with Crippen molar-refractivity contribution < 1.29 is 4.79 Å². The normalized spacial score (nSPS) is 16.1. The smallest absolute Gasteiger partial charge is 0.217 e. The number of rotatable bonds is 8. The Balaban J connectivity index is 1.84. The predicted octanol–water partition coefficient (Wildman–Crippen LogP) is 1.37. The van der Waals surface area contributed by atoms with Crippen LogP contribution in [0.2, 0.25) is 0 Å². The summed E-state index contributed by atoms with van der Waals surface area (Å²) in [7, 11) is 2.19. The lowest BCUT2D eigenvalue weighted by Gasteiger charge is -2.15. The molecule has 0 saturated heterocycles. The summed E-state index contributed by atoms with van der Waals surface area (Å²) in [6.07, 6.45) is 6.66. The van der Waals surface area contributed by atoms with E-state index in [2.05, 4.69) is 11.9 Å². The third-order valence-corrected chi connectivity index (χ3v) is 2.73. The lowest BCUT2D eigenvalue weighted by atomic mass is 10.2. The molecule has 14 heavy (non-hydrogen) atoms. The SMILES string of the molecule is CN(CCCCCC(N)=O)CC1CC1. The second kappa shape index (κ2) is 6.02. The molecule has 0 bridgehead atoms. The maximum absolute atomic E-state index is 10.5. The molecule has 1 amide bonds. The van der Waals surface area contributed by atoms with Crippen molar-refractivity contribution in [2.75, 3.05) is 20.1 Å². The van der Waals surface area contributed by atoms with Crippen LogP contribution in [0.4, 0.5) is 0 Å².